The molecule has 7 nitrogen and oxygen atoms in total. The van der Waals surface area contributed by atoms with Crippen LogP contribution < -0.4 is 14.3 Å². The smallest absolute Gasteiger partial charge is 0.433 e. The minimum absolute atomic E-state index is 0.246. The molecule has 0 saturated carbocycles. The molecule has 7 heteroatoms. The van der Waals surface area contributed by atoms with E-state index < -0.39 is 0 Å². The van der Waals surface area contributed by atoms with Crippen molar-refractivity contribution >= 4 is 17.5 Å². The van der Waals surface area contributed by atoms with Crippen molar-refractivity contribution in [2.45, 2.75) is 48.5 Å². The zero-order valence-electron chi connectivity index (χ0n) is 22.8. The van der Waals surface area contributed by atoms with Crippen molar-refractivity contribution in [2.24, 2.45) is 10.3 Å². The van der Waals surface area contributed by atoms with Crippen LogP contribution in [0.25, 0.3) is 11.4 Å². The van der Waals surface area contributed by atoms with Crippen molar-refractivity contribution in [3.63, 3.8) is 0 Å². The second kappa shape index (κ2) is 10.4. The van der Waals surface area contributed by atoms with Crippen LogP contribution in [0.5, 0.6) is 5.75 Å². The zero-order chi connectivity index (χ0) is 26.9. The fourth-order valence-corrected chi connectivity index (χ4v) is 5.04. The average Bonchev–Trinajstić information content (AvgIpc) is 3.21. The van der Waals surface area contributed by atoms with E-state index in [2.05, 4.69) is 71.0 Å². The molecule has 0 atom stereocenters. The van der Waals surface area contributed by atoms with E-state index >= 15 is 0 Å². The molecule has 0 saturated heterocycles. The molecule has 1 amide bonds. The van der Waals surface area contributed by atoms with Gasteiger partial charge in [0.05, 0.1) is 17.9 Å². The maximum absolute atomic E-state index is 12.6. The fraction of sp³-hybridized carbons (Fsp3) is 0.267. The van der Waals surface area contributed by atoms with Gasteiger partial charge in [-0.2, -0.15) is 14.1 Å². The first-order chi connectivity index (χ1) is 17.6. The number of amides is 1. The molecule has 0 unspecified atom stereocenters. The molecule has 3 aromatic carbocycles. The summed E-state index contributed by atoms with van der Waals surface area (Å²) in [7, 11) is 1.61. The van der Waals surface area contributed by atoms with Crippen LogP contribution in [0, 0.1) is 41.5 Å². The van der Waals surface area contributed by atoms with Gasteiger partial charge in [-0.3, -0.25) is 4.79 Å². The van der Waals surface area contributed by atoms with E-state index in [0.29, 0.717) is 17.4 Å². The lowest BCUT2D eigenvalue weighted by Crippen LogP contribution is -2.32. The van der Waals surface area contributed by atoms with Gasteiger partial charge in [0.15, 0.2) is 0 Å². The second-order valence-electron chi connectivity index (χ2n) is 9.55. The van der Waals surface area contributed by atoms with Gasteiger partial charge in [0.2, 0.25) is 5.91 Å². The quantitative estimate of drug-likeness (QED) is 0.170. The summed E-state index contributed by atoms with van der Waals surface area (Å²) in [5.41, 5.74) is 9.62. The van der Waals surface area contributed by atoms with E-state index in [4.69, 9.17) is 9.85 Å². The standard InChI is InChI=1S/C30H34N5O2/c1-19-15-21(3)28(22(4)16-19)33-13-14-34(29-23(5)17-20(2)18-24(29)6)30(33)31-32-35(25(7)36)26-9-11-27(37-8)12-10-26/h9-18H,1-8H3/q+1. The summed E-state index contributed by atoms with van der Waals surface area (Å²) in [5.74, 6) is 1.04. The molecule has 4 rings (SSSR count). The number of nitrogens with zero attached hydrogens (tertiary/aromatic N) is 5. The summed E-state index contributed by atoms with van der Waals surface area (Å²) >= 11 is 0. The number of methoxy groups -OCH3 is 1. The summed E-state index contributed by atoms with van der Waals surface area (Å²) in [5, 5.41) is 10.4. The topological polar surface area (TPSA) is 63.1 Å². The van der Waals surface area contributed by atoms with Crippen LogP contribution in [0.4, 0.5) is 11.6 Å². The zero-order valence-corrected chi connectivity index (χ0v) is 22.8. The second-order valence-corrected chi connectivity index (χ2v) is 9.55. The Morgan fingerprint density at radius 1 is 0.865 bits per heavy atom. The molecule has 0 N–H and O–H groups in total. The molecule has 0 aliphatic heterocycles. The molecule has 0 aliphatic rings. The number of benzene rings is 3. The van der Waals surface area contributed by atoms with Crippen molar-refractivity contribution in [3.8, 4) is 17.1 Å². The molecule has 0 fully saturated rings. The Balaban J connectivity index is 1.93. The lowest BCUT2D eigenvalue weighted by atomic mass is 10.0. The first-order valence-corrected chi connectivity index (χ1v) is 12.3. The van der Waals surface area contributed by atoms with Gasteiger partial charge in [0.25, 0.3) is 0 Å². The minimum Gasteiger partial charge on any atom is -0.497 e. The van der Waals surface area contributed by atoms with Crippen LogP contribution >= 0.6 is 0 Å². The van der Waals surface area contributed by atoms with Gasteiger partial charge in [-0.15, -0.1) is 0 Å². The molecule has 4 aromatic rings. The van der Waals surface area contributed by atoms with Gasteiger partial charge in [0.1, 0.15) is 29.5 Å². The van der Waals surface area contributed by atoms with E-state index in [1.807, 2.05) is 21.5 Å². The van der Waals surface area contributed by atoms with Gasteiger partial charge < -0.3 is 4.74 Å². The van der Waals surface area contributed by atoms with Crippen LogP contribution in [0.3, 0.4) is 0 Å². The molecular weight excluding hydrogens is 462 g/mol. The van der Waals surface area contributed by atoms with Crippen LogP contribution in [-0.2, 0) is 4.79 Å². The van der Waals surface area contributed by atoms with Crippen molar-refractivity contribution in [1.29, 1.82) is 0 Å². The number of ether oxygens (including phenoxy) is 1. The Morgan fingerprint density at radius 3 is 1.92 bits per heavy atom. The fourth-order valence-electron chi connectivity index (χ4n) is 5.04. The monoisotopic (exact) mass is 496 g/mol. The number of anilines is 1. The Kier molecular flexibility index (Phi) is 7.25. The highest BCUT2D eigenvalue weighted by Gasteiger charge is 2.26. The average molecular weight is 497 g/mol. The van der Waals surface area contributed by atoms with Gasteiger partial charge in [-0.25, -0.2) is 0 Å². The van der Waals surface area contributed by atoms with E-state index in [1.54, 1.807) is 31.4 Å². The number of aryl methyl sites for hydroxylation is 6. The van der Waals surface area contributed by atoms with E-state index in [-0.39, 0.29) is 5.91 Å². The first kappa shape index (κ1) is 25.8. The Hall–Kier alpha value is -4.26. The van der Waals surface area contributed by atoms with Crippen LogP contribution in [0.1, 0.15) is 40.3 Å². The maximum atomic E-state index is 12.6. The van der Waals surface area contributed by atoms with Crippen LogP contribution in [-0.4, -0.2) is 17.6 Å². The van der Waals surface area contributed by atoms with Gasteiger partial charge >= 0.3 is 5.95 Å². The Morgan fingerprint density at radius 2 is 1.41 bits per heavy atom. The number of hydrogen-bond acceptors (Lipinski definition) is 4. The molecule has 0 aliphatic carbocycles. The lowest BCUT2D eigenvalue weighted by Gasteiger charge is -2.13. The number of carbonyl (C=O) groups excluding carboxylic acids is 1. The largest absolute Gasteiger partial charge is 0.497 e. The van der Waals surface area contributed by atoms with E-state index in [0.717, 1.165) is 33.6 Å². The van der Waals surface area contributed by atoms with E-state index in [9.17, 15) is 4.79 Å². The Bertz CT molecular complexity index is 1380. The molecule has 1 aromatic heterocycles. The molecule has 0 radical (unpaired) electrons. The third-order valence-corrected chi connectivity index (χ3v) is 6.39. The van der Waals surface area contributed by atoms with Gasteiger partial charge in [-0.1, -0.05) is 35.4 Å². The summed E-state index contributed by atoms with van der Waals surface area (Å²) in [4.78, 5) is 12.6. The number of aromatic nitrogens is 2. The summed E-state index contributed by atoms with van der Waals surface area (Å²) in [6.45, 7) is 14.1. The third-order valence-electron chi connectivity index (χ3n) is 6.39. The highest BCUT2D eigenvalue weighted by molar-refractivity contribution is 5.90. The SMILES string of the molecule is COc1ccc(N(N=Nc2n(-c3c(C)cc(C)cc3C)cc[n+]2-c2c(C)cc(C)cc2C)C(C)=O)cc1. The molecular formula is C30H34N5O2+. The molecule has 37 heavy (non-hydrogen) atoms. The Labute approximate surface area is 218 Å². The molecule has 190 valence electrons. The van der Waals surface area contributed by atoms with Crippen molar-refractivity contribution in [1.82, 2.24) is 4.57 Å². The van der Waals surface area contributed by atoms with Crippen LogP contribution in [0.2, 0.25) is 0 Å². The van der Waals surface area contributed by atoms with Crippen molar-refractivity contribution in [3.05, 3.63) is 94.3 Å². The maximum Gasteiger partial charge on any atom is 0.433 e. The normalized spacial score (nSPS) is 11.2. The number of rotatable bonds is 6. The van der Waals surface area contributed by atoms with Crippen LogP contribution in [0.15, 0.2) is 71.3 Å². The number of hydrogen-bond donors (Lipinski definition) is 0. The number of carbonyl (C=O) groups is 1. The predicted octanol–water partition coefficient (Wildman–Crippen LogP) is 6.66. The highest BCUT2D eigenvalue weighted by Crippen LogP contribution is 2.28. The highest BCUT2D eigenvalue weighted by atomic mass is 16.5. The van der Waals surface area contributed by atoms with E-state index in [1.165, 1.54) is 23.1 Å². The summed E-state index contributed by atoms with van der Waals surface area (Å²) < 4.78 is 9.34. The van der Waals surface area contributed by atoms with Crippen molar-refractivity contribution < 1.29 is 14.1 Å². The third kappa shape index (κ3) is 5.16. The molecule has 0 bridgehead atoms. The predicted molar refractivity (Wildman–Crippen MR) is 146 cm³/mol. The molecule has 0 spiro atoms. The summed E-state index contributed by atoms with van der Waals surface area (Å²) in [6.07, 6.45) is 4.01. The van der Waals surface area contributed by atoms with Crippen molar-refractivity contribution in [2.75, 3.05) is 12.1 Å². The molecule has 1 heterocycles. The minimum atomic E-state index is -0.246. The number of imidazole rings is 1. The summed E-state index contributed by atoms with van der Waals surface area (Å²) in [6, 6.07) is 15.8. The first-order valence-electron chi connectivity index (χ1n) is 12.3. The van der Waals surface area contributed by atoms with Gasteiger partial charge in [-0.05, 0) is 88.1 Å². The lowest BCUT2D eigenvalue weighted by molar-refractivity contribution is -0.581. The van der Waals surface area contributed by atoms with Gasteiger partial charge in [0, 0.05) is 12.1 Å².